The molecule has 0 atom stereocenters. The van der Waals surface area contributed by atoms with Crippen molar-refractivity contribution in [2.24, 2.45) is 0 Å². The van der Waals surface area contributed by atoms with Crippen LogP contribution in [0.4, 0.5) is 0 Å². The number of fused-ring (bicyclic) bond motifs is 1. The lowest BCUT2D eigenvalue weighted by molar-refractivity contribution is 0.302. The van der Waals surface area contributed by atoms with E-state index in [0.717, 1.165) is 34.9 Å². The van der Waals surface area contributed by atoms with E-state index in [-0.39, 0.29) is 4.90 Å². The van der Waals surface area contributed by atoms with E-state index in [1.807, 2.05) is 27.0 Å². The summed E-state index contributed by atoms with van der Waals surface area (Å²) in [6, 6.07) is 5.12. The summed E-state index contributed by atoms with van der Waals surface area (Å²) in [6.45, 7) is 8.00. The van der Waals surface area contributed by atoms with Crippen molar-refractivity contribution in [3.8, 4) is 0 Å². The lowest BCUT2D eigenvalue weighted by Crippen LogP contribution is -2.22. The van der Waals surface area contributed by atoms with E-state index in [2.05, 4.69) is 21.5 Å². The third kappa shape index (κ3) is 3.69. The van der Waals surface area contributed by atoms with Crippen molar-refractivity contribution in [3.63, 3.8) is 0 Å². The number of imidazole rings is 1. The highest BCUT2D eigenvalue weighted by molar-refractivity contribution is 7.89. The first kappa shape index (κ1) is 20.5. The molecule has 0 spiro atoms. The molecule has 0 saturated heterocycles. The summed E-state index contributed by atoms with van der Waals surface area (Å²) in [5, 5.41) is 4.01. The van der Waals surface area contributed by atoms with Gasteiger partial charge in [0.05, 0.1) is 28.2 Å². The lowest BCUT2D eigenvalue weighted by Gasteiger charge is -2.17. The molecule has 0 fully saturated rings. The van der Waals surface area contributed by atoms with Gasteiger partial charge in [0.2, 0.25) is 10.0 Å². The van der Waals surface area contributed by atoms with E-state index in [1.165, 1.54) is 18.4 Å². The zero-order valence-electron chi connectivity index (χ0n) is 17.2. The fraction of sp³-hybridized carbons (Fsp3) is 0.474. The van der Waals surface area contributed by atoms with Gasteiger partial charge >= 0.3 is 0 Å². The predicted molar refractivity (Wildman–Crippen MR) is 107 cm³/mol. The van der Waals surface area contributed by atoms with Crippen molar-refractivity contribution in [2.45, 2.75) is 45.3 Å². The Kier molecular flexibility index (Phi) is 5.60. The first-order valence-corrected chi connectivity index (χ1v) is 10.6. The van der Waals surface area contributed by atoms with Gasteiger partial charge in [0.1, 0.15) is 11.6 Å². The number of benzene rings is 1. The highest BCUT2D eigenvalue weighted by Crippen LogP contribution is 2.23. The Bertz CT molecular complexity index is 1080. The van der Waals surface area contributed by atoms with E-state index >= 15 is 0 Å². The van der Waals surface area contributed by atoms with Crippen molar-refractivity contribution in [2.75, 3.05) is 21.1 Å². The van der Waals surface area contributed by atoms with Gasteiger partial charge in [-0.1, -0.05) is 5.16 Å². The van der Waals surface area contributed by atoms with Crippen LogP contribution in [0.3, 0.4) is 0 Å². The molecule has 0 bridgehead atoms. The number of aromatic nitrogens is 3. The highest BCUT2D eigenvalue weighted by Gasteiger charge is 2.20. The number of aryl methyl sites for hydroxylation is 3. The van der Waals surface area contributed by atoms with Crippen LogP contribution < -0.4 is 0 Å². The summed E-state index contributed by atoms with van der Waals surface area (Å²) >= 11 is 0. The molecule has 2 heterocycles. The highest BCUT2D eigenvalue weighted by atomic mass is 32.2. The summed E-state index contributed by atoms with van der Waals surface area (Å²) in [6.07, 6.45) is 0. The molecule has 3 aromatic rings. The van der Waals surface area contributed by atoms with Crippen LogP contribution >= 0.6 is 0 Å². The minimum Gasteiger partial charge on any atom is -0.361 e. The van der Waals surface area contributed by atoms with Crippen molar-refractivity contribution < 1.29 is 12.9 Å². The minimum atomic E-state index is -3.49. The second-order valence-corrected chi connectivity index (χ2v) is 9.34. The van der Waals surface area contributed by atoms with E-state index in [1.54, 1.807) is 12.1 Å². The van der Waals surface area contributed by atoms with E-state index in [9.17, 15) is 8.42 Å². The van der Waals surface area contributed by atoms with Crippen LogP contribution in [0.15, 0.2) is 27.6 Å². The van der Waals surface area contributed by atoms with Crippen molar-refractivity contribution in [3.05, 3.63) is 41.0 Å². The van der Waals surface area contributed by atoms with Crippen LogP contribution in [0.2, 0.25) is 0 Å². The predicted octanol–water partition coefficient (Wildman–Crippen LogP) is 2.54. The first-order chi connectivity index (χ1) is 13.1. The smallest absolute Gasteiger partial charge is 0.242 e. The first-order valence-electron chi connectivity index (χ1n) is 9.17. The molecule has 0 amide bonds. The summed E-state index contributed by atoms with van der Waals surface area (Å²) in [7, 11) is 1.59. The molecule has 2 aromatic heterocycles. The number of hydrogen-bond donors (Lipinski definition) is 0. The molecule has 0 unspecified atom stereocenters. The summed E-state index contributed by atoms with van der Waals surface area (Å²) in [5.41, 5.74) is 3.60. The van der Waals surface area contributed by atoms with Gasteiger partial charge < -0.3 is 9.09 Å². The molecular weight excluding hydrogens is 378 g/mol. The van der Waals surface area contributed by atoms with Crippen LogP contribution in [-0.4, -0.2) is 53.5 Å². The average molecular weight is 406 g/mol. The van der Waals surface area contributed by atoms with Crippen molar-refractivity contribution in [1.29, 1.82) is 0 Å². The molecule has 0 aliphatic heterocycles. The quantitative estimate of drug-likeness (QED) is 0.601. The molecule has 0 N–H and O–H groups in total. The monoisotopic (exact) mass is 405 g/mol. The number of nitrogens with zero attached hydrogens (tertiary/aromatic N) is 5. The summed E-state index contributed by atoms with van der Waals surface area (Å²) in [4.78, 5) is 7.13. The Morgan fingerprint density at radius 1 is 1.14 bits per heavy atom. The minimum absolute atomic E-state index is 0.251. The van der Waals surface area contributed by atoms with Gasteiger partial charge in [-0.15, -0.1) is 0 Å². The van der Waals surface area contributed by atoms with Gasteiger partial charge in [-0.3, -0.25) is 4.90 Å². The summed E-state index contributed by atoms with van der Waals surface area (Å²) in [5.74, 6) is 1.72. The molecule has 9 heteroatoms. The van der Waals surface area contributed by atoms with Crippen LogP contribution in [0.1, 0.15) is 29.8 Å². The summed E-state index contributed by atoms with van der Waals surface area (Å²) < 4.78 is 33.4. The van der Waals surface area contributed by atoms with Gasteiger partial charge in [-0.25, -0.2) is 17.7 Å². The SMILES string of the molecule is CCn1c(CN(C)Cc2c(C)noc2C)nc2cc(S(=O)(=O)N(C)C)ccc21. The van der Waals surface area contributed by atoms with E-state index < -0.39 is 10.0 Å². The Morgan fingerprint density at radius 3 is 2.43 bits per heavy atom. The maximum atomic E-state index is 12.4. The zero-order valence-corrected chi connectivity index (χ0v) is 18.0. The van der Waals surface area contributed by atoms with Gasteiger partial charge in [0.25, 0.3) is 0 Å². The normalized spacial score (nSPS) is 12.6. The molecule has 0 aliphatic carbocycles. The second kappa shape index (κ2) is 7.65. The number of hydrogen-bond acceptors (Lipinski definition) is 6. The topological polar surface area (TPSA) is 84.5 Å². The second-order valence-electron chi connectivity index (χ2n) is 7.19. The molecule has 8 nitrogen and oxygen atoms in total. The third-order valence-corrected chi connectivity index (χ3v) is 6.73. The number of sulfonamides is 1. The largest absolute Gasteiger partial charge is 0.361 e. The average Bonchev–Trinajstić information content (AvgIpc) is 3.14. The van der Waals surface area contributed by atoms with Crippen LogP contribution in [-0.2, 0) is 29.7 Å². The molecule has 0 saturated carbocycles. The Morgan fingerprint density at radius 2 is 1.86 bits per heavy atom. The van der Waals surface area contributed by atoms with E-state index in [0.29, 0.717) is 18.6 Å². The lowest BCUT2D eigenvalue weighted by atomic mass is 10.2. The Balaban J connectivity index is 1.93. The van der Waals surface area contributed by atoms with Crippen LogP contribution in [0, 0.1) is 13.8 Å². The molecular formula is C19H27N5O3S. The molecule has 3 rings (SSSR count). The zero-order chi connectivity index (χ0) is 20.6. The third-order valence-electron chi connectivity index (χ3n) is 4.91. The maximum Gasteiger partial charge on any atom is 0.242 e. The van der Waals surface area contributed by atoms with Gasteiger partial charge in [0, 0.05) is 32.7 Å². The van der Waals surface area contributed by atoms with Crippen LogP contribution in [0.25, 0.3) is 11.0 Å². The molecule has 0 aliphatic rings. The molecule has 152 valence electrons. The fourth-order valence-corrected chi connectivity index (χ4v) is 4.22. The van der Waals surface area contributed by atoms with Crippen molar-refractivity contribution >= 4 is 21.1 Å². The standard InChI is InChI=1S/C19H27N5O3S/c1-7-24-18-9-8-15(28(25,26)22(4)5)10-17(18)20-19(24)12-23(6)11-16-13(2)21-27-14(16)3/h8-10H,7,11-12H2,1-6H3. The number of rotatable bonds is 7. The van der Waals surface area contributed by atoms with Gasteiger partial charge in [-0.05, 0) is 46.0 Å². The maximum absolute atomic E-state index is 12.4. The van der Waals surface area contributed by atoms with Gasteiger partial charge in [-0.2, -0.15) is 0 Å². The van der Waals surface area contributed by atoms with Crippen molar-refractivity contribution in [1.82, 2.24) is 23.9 Å². The molecule has 0 radical (unpaired) electrons. The molecule has 1 aromatic carbocycles. The molecule has 28 heavy (non-hydrogen) atoms. The van der Waals surface area contributed by atoms with Crippen LogP contribution in [0.5, 0.6) is 0 Å². The Labute approximate surface area is 165 Å². The van der Waals surface area contributed by atoms with E-state index in [4.69, 9.17) is 9.51 Å². The fourth-order valence-electron chi connectivity index (χ4n) is 3.30. The Hall–Kier alpha value is -2.23. The van der Waals surface area contributed by atoms with Gasteiger partial charge in [0.15, 0.2) is 0 Å².